The zero-order valence-corrected chi connectivity index (χ0v) is 53.9. The van der Waals surface area contributed by atoms with Crippen molar-refractivity contribution >= 4 is 35.3 Å². The first-order valence-electron chi connectivity index (χ1n) is 32.0. The number of esters is 1. The predicted molar refractivity (Wildman–Crippen MR) is 327 cm³/mol. The van der Waals surface area contributed by atoms with Crippen LogP contribution in [0.3, 0.4) is 0 Å². The number of nitrogens with one attached hydrogen (secondary N) is 1. The molecule has 0 aromatic heterocycles. The standard InChI is InChI=1S/C65H107N3O20/c1-10-25-80-27-29-82-31-33-84-35-36-85-34-32-83-30-28-81-26-23-67-64(76)87-54-22-20-49(40-57(54)79-9)39-51(66)56-42-53(69)45(4)38-47(6)59(71)60(72)58(70)46(5)37-43(2)16-12-11-13-17-44(3)55(78-8)41-50-21-19-48(7)65(77,88-50)61(73)62(74)68-24-15-14-18-52(68)63(75)86-56/h11-13,16-17,38,43,45-46,48-52,54-57,59-60,71-72,77H,10,14-15,18-37,39-42,66H2,1-9H3,(H,67,76)/b13-11+,16-12+,44-17+,47-38+/t43-,45-,46-,48-,49+,50+,51-,52+,54?,55+,56+,57-,59-,60+,65-/m1/s1. The lowest BCUT2D eigenvalue weighted by Gasteiger charge is -2.42. The molecule has 0 spiro atoms. The number of allylic oxidation sites excluding steroid dienone is 6. The first-order valence-corrected chi connectivity index (χ1v) is 32.0. The summed E-state index contributed by atoms with van der Waals surface area (Å²) in [6, 6.07) is -2.21. The molecule has 15 atom stereocenters. The number of Topliss-reactive ketones (excluding diaryl/α,β-unsaturated/α-hetero) is 3. The smallest absolute Gasteiger partial charge is 0.407 e. The third-order valence-corrected chi connectivity index (χ3v) is 16.9. The zero-order chi connectivity index (χ0) is 64.6. The number of ketones is 3. The molecule has 4 rings (SSSR count). The van der Waals surface area contributed by atoms with Gasteiger partial charge in [-0.05, 0) is 107 Å². The molecule has 23 nitrogen and oxygen atoms in total. The summed E-state index contributed by atoms with van der Waals surface area (Å²) in [4.78, 5) is 85.1. The van der Waals surface area contributed by atoms with Crippen molar-refractivity contribution in [2.45, 2.75) is 193 Å². The van der Waals surface area contributed by atoms with Gasteiger partial charge in [-0.3, -0.25) is 19.2 Å². The molecule has 0 radical (unpaired) electrons. The molecule has 88 heavy (non-hydrogen) atoms. The van der Waals surface area contributed by atoms with Crippen LogP contribution in [-0.4, -0.2) is 223 Å². The minimum absolute atomic E-state index is 0.00992. The largest absolute Gasteiger partial charge is 0.459 e. The molecular weight excluding hydrogens is 1140 g/mol. The van der Waals surface area contributed by atoms with Crippen LogP contribution < -0.4 is 11.1 Å². The van der Waals surface area contributed by atoms with E-state index < -0.39 is 120 Å². The molecule has 502 valence electrons. The van der Waals surface area contributed by atoms with Gasteiger partial charge in [0.15, 0.2) is 5.78 Å². The number of nitrogens with two attached hydrogens (primary N) is 1. The summed E-state index contributed by atoms with van der Waals surface area (Å²) >= 11 is 0. The summed E-state index contributed by atoms with van der Waals surface area (Å²) < 4.78 is 62.8. The maximum Gasteiger partial charge on any atom is 0.407 e. The molecule has 3 aliphatic heterocycles. The van der Waals surface area contributed by atoms with E-state index in [1.54, 1.807) is 27.9 Å². The first kappa shape index (κ1) is 76.1. The molecule has 1 saturated carbocycles. The summed E-state index contributed by atoms with van der Waals surface area (Å²) in [5, 5.41) is 37.1. The van der Waals surface area contributed by atoms with E-state index in [0.717, 1.165) is 23.5 Å². The van der Waals surface area contributed by atoms with Gasteiger partial charge in [0.1, 0.15) is 36.2 Å². The Balaban J connectivity index is 1.40. The predicted octanol–water partition coefficient (Wildman–Crippen LogP) is 5.46. The van der Waals surface area contributed by atoms with Crippen LogP contribution in [0.2, 0.25) is 0 Å². The van der Waals surface area contributed by atoms with Crippen LogP contribution in [0.25, 0.3) is 0 Å². The van der Waals surface area contributed by atoms with Gasteiger partial charge in [-0.1, -0.05) is 71.1 Å². The molecule has 4 aliphatic rings. The highest BCUT2D eigenvalue weighted by molar-refractivity contribution is 6.39. The molecule has 2 saturated heterocycles. The molecule has 0 aromatic carbocycles. The molecule has 1 unspecified atom stereocenters. The molecule has 6 N–H and O–H groups in total. The van der Waals surface area contributed by atoms with Crippen LogP contribution in [0.4, 0.5) is 4.79 Å². The number of fused-ring (bicyclic) bond motifs is 3. The van der Waals surface area contributed by atoms with E-state index in [-0.39, 0.29) is 56.4 Å². The number of carbonyl (C=O) groups is 6. The number of piperidine rings is 1. The number of carbonyl (C=O) groups excluding carboxylic acids is 6. The number of aliphatic hydroxyl groups excluding tert-OH is 2. The molecule has 2 bridgehead atoms. The van der Waals surface area contributed by atoms with E-state index in [9.17, 15) is 44.1 Å². The summed E-state index contributed by atoms with van der Waals surface area (Å²) in [5.74, 6) is -9.16. The lowest BCUT2D eigenvalue weighted by molar-refractivity contribution is -0.265. The van der Waals surface area contributed by atoms with Crippen molar-refractivity contribution in [2.75, 3.05) is 107 Å². The van der Waals surface area contributed by atoms with Crippen molar-refractivity contribution in [2.24, 2.45) is 35.3 Å². The lowest BCUT2D eigenvalue weighted by Crippen LogP contribution is -2.61. The van der Waals surface area contributed by atoms with Gasteiger partial charge in [0.2, 0.25) is 5.79 Å². The second-order valence-corrected chi connectivity index (χ2v) is 24.0. The Morgan fingerprint density at radius 1 is 0.739 bits per heavy atom. The fourth-order valence-corrected chi connectivity index (χ4v) is 11.5. The van der Waals surface area contributed by atoms with Crippen LogP contribution in [0.5, 0.6) is 0 Å². The second-order valence-electron chi connectivity index (χ2n) is 24.0. The van der Waals surface area contributed by atoms with Crippen LogP contribution >= 0.6 is 0 Å². The highest BCUT2D eigenvalue weighted by Crippen LogP contribution is 2.37. The number of hydrogen-bond donors (Lipinski definition) is 5. The topological polar surface area (TPSA) is 306 Å². The fourth-order valence-electron chi connectivity index (χ4n) is 11.5. The van der Waals surface area contributed by atoms with Crippen molar-refractivity contribution in [1.29, 1.82) is 0 Å². The Hall–Kier alpha value is -4.34. The Labute approximate surface area is 522 Å². The van der Waals surface area contributed by atoms with Crippen LogP contribution in [-0.2, 0) is 76.1 Å². The average Bonchev–Trinajstić information content (AvgIpc) is 1.84. The number of hydrogen-bond acceptors (Lipinski definition) is 21. The maximum absolute atomic E-state index is 14.6. The number of ether oxygens (including phenoxy) is 11. The Morgan fingerprint density at radius 2 is 1.36 bits per heavy atom. The van der Waals surface area contributed by atoms with E-state index in [4.69, 9.17) is 57.8 Å². The number of methoxy groups -OCH3 is 2. The van der Waals surface area contributed by atoms with E-state index in [0.29, 0.717) is 117 Å². The van der Waals surface area contributed by atoms with Crippen LogP contribution in [0, 0.1) is 29.6 Å². The van der Waals surface area contributed by atoms with E-state index in [2.05, 4.69) is 12.2 Å². The van der Waals surface area contributed by atoms with Crippen molar-refractivity contribution in [3.8, 4) is 0 Å². The Kier molecular flexibility index (Phi) is 35.6. The van der Waals surface area contributed by atoms with Gasteiger partial charge in [0.05, 0.1) is 91.0 Å². The first-order chi connectivity index (χ1) is 42.1. The normalized spacial score (nSPS) is 32.9. The minimum Gasteiger partial charge on any atom is -0.459 e. The third-order valence-electron chi connectivity index (χ3n) is 16.9. The quantitative estimate of drug-likeness (QED) is 0.0311. The highest BCUT2D eigenvalue weighted by Gasteiger charge is 2.53. The number of amides is 2. The van der Waals surface area contributed by atoms with Crippen LogP contribution in [0.1, 0.15) is 132 Å². The molecule has 2 amide bonds. The highest BCUT2D eigenvalue weighted by atomic mass is 16.6. The van der Waals surface area contributed by atoms with Crippen molar-refractivity contribution < 1.29 is 96.2 Å². The summed E-state index contributed by atoms with van der Waals surface area (Å²) in [5.41, 5.74) is 8.00. The Morgan fingerprint density at radius 3 is 1.98 bits per heavy atom. The second kappa shape index (κ2) is 41.2. The number of alkyl carbamates (subject to hydrolysis) is 1. The SMILES string of the molecule is CCCOCCOCCOCCOCCOCCOCCNC(=O)OC1CC[C@@H](C[C@@H](N)[C@@H]2CC(=O)[C@H](C)/C=C(\C)[C@@H](O)[C@@H](O)C(=O)[C@H](C)C[C@H](C)/C=C/C=C/C=C(\C)[C@@H](OC)C[C@@H]3CC[C@@H](C)[C@@](O)(O3)C(=O)C(=O)N3CCCC[C@H]3C(=O)O2)C[C@H]1OC. The molecule has 0 aromatic rings. The number of aliphatic hydroxyl groups is 3. The monoisotopic (exact) mass is 1250 g/mol. The van der Waals surface area contributed by atoms with E-state index in [1.807, 2.05) is 44.2 Å². The van der Waals surface area contributed by atoms with Gasteiger partial charge in [-0.2, -0.15) is 0 Å². The van der Waals surface area contributed by atoms with Crippen LogP contribution in [0.15, 0.2) is 47.6 Å². The van der Waals surface area contributed by atoms with Gasteiger partial charge in [0, 0.05) is 70.6 Å². The summed E-state index contributed by atoms with van der Waals surface area (Å²) in [7, 11) is 3.07. The van der Waals surface area contributed by atoms with E-state index in [1.165, 1.54) is 20.1 Å². The molecule has 1 aliphatic carbocycles. The lowest BCUT2D eigenvalue weighted by atomic mass is 9.80. The Bertz CT molecular complexity index is 2250. The number of nitrogens with zero attached hydrogens (tertiary/aromatic N) is 1. The molecule has 23 heteroatoms. The average molecular weight is 1250 g/mol. The fraction of sp³-hybridized carbons (Fsp3) is 0.785. The van der Waals surface area contributed by atoms with Gasteiger partial charge < -0.3 is 83.4 Å². The van der Waals surface area contributed by atoms with E-state index >= 15 is 0 Å². The summed E-state index contributed by atoms with van der Waals surface area (Å²) in [6.07, 6.45) is 8.08. The zero-order valence-electron chi connectivity index (χ0n) is 53.9. The van der Waals surface area contributed by atoms with Gasteiger partial charge in [0.25, 0.3) is 11.7 Å². The minimum atomic E-state index is -2.50. The molecule has 3 fully saturated rings. The maximum atomic E-state index is 14.6. The van der Waals surface area contributed by atoms with Gasteiger partial charge >= 0.3 is 12.1 Å². The van der Waals surface area contributed by atoms with Gasteiger partial charge in [-0.15, -0.1) is 0 Å². The van der Waals surface area contributed by atoms with Gasteiger partial charge in [-0.25, -0.2) is 9.59 Å². The third kappa shape index (κ3) is 25.7. The van der Waals surface area contributed by atoms with Crippen molar-refractivity contribution in [3.63, 3.8) is 0 Å². The number of rotatable bonds is 26. The summed E-state index contributed by atoms with van der Waals surface area (Å²) in [6.45, 7) is 17.9. The van der Waals surface area contributed by atoms with Crippen molar-refractivity contribution in [3.05, 3.63) is 47.6 Å². The molecular formula is C65H107N3O20. The molecule has 3 heterocycles. The van der Waals surface area contributed by atoms with Crippen molar-refractivity contribution in [1.82, 2.24) is 10.2 Å². The number of cyclic esters (lactones) is 1.